The SMILES string of the molecule is Cc1ccc(NC(=O)NC2COc3ccccc3C2)cc1Cl. The first-order valence-corrected chi connectivity index (χ1v) is 7.54. The molecular formula is C17H17ClN2O2. The monoisotopic (exact) mass is 316 g/mol. The van der Waals surface area contributed by atoms with Gasteiger partial charge in [0.25, 0.3) is 0 Å². The van der Waals surface area contributed by atoms with Crippen LogP contribution in [-0.4, -0.2) is 18.7 Å². The van der Waals surface area contributed by atoms with E-state index in [2.05, 4.69) is 10.6 Å². The van der Waals surface area contributed by atoms with E-state index in [9.17, 15) is 4.79 Å². The highest BCUT2D eigenvalue weighted by Gasteiger charge is 2.21. The number of urea groups is 1. The maximum atomic E-state index is 12.1. The second-order valence-electron chi connectivity index (χ2n) is 5.38. The summed E-state index contributed by atoms with van der Waals surface area (Å²) >= 11 is 6.05. The molecule has 1 heterocycles. The van der Waals surface area contributed by atoms with Gasteiger partial charge in [-0.3, -0.25) is 0 Å². The predicted octanol–water partition coefficient (Wildman–Crippen LogP) is 3.77. The summed E-state index contributed by atoms with van der Waals surface area (Å²) in [4.78, 5) is 12.1. The van der Waals surface area contributed by atoms with Crippen LogP contribution in [-0.2, 0) is 6.42 Å². The maximum absolute atomic E-state index is 12.1. The first-order chi connectivity index (χ1) is 10.6. The number of para-hydroxylation sites is 1. The van der Waals surface area contributed by atoms with Crippen LogP contribution in [0.1, 0.15) is 11.1 Å². The molecule has 1 aliphatic heterocycles. The maximum Gasteiger partial charge on any atom is 0.319 e. The fraction of sp³-hybridized carbons (Fsp3) is 0.235. The zero-order chi connectivity index (χ0) is 15.5. The standard InChI is InChI=1S/C17H17ClN2O2/c1-11-6-7-13(9-15(11)18)19-17(21)20-14-8-12-4-2-3-5-16(12)22-10-14/h2-7,9,14H,8,10H2,1H3,(H2,19,20,21). The van der Waals surface area contributed by atoms with E-state index < -0.39 is 0 Å². The van der Waals surface area contributed by atoms with E-state index in [1.807, 2.05) is 43.3 Å². The van der Waals surface area contributed by atoms with Gasteiger partial charge in [-0.15, -0.1) is 0 Å². The number of hydrogen-bond acceptors (Lipinski definition) is 2. The third kappa shape index (κ3) is 3.34. The van der Waals surface area contributed by atoms with E-state index in [0.29, 0.717) is 17.3 Å². The number of aryl methyl sites for hydroxylation is 1. The van der Waals surface area contributed by atoms with Crippen LogP contribution in [0.3, 0.4) is 0 Å². The van der Waals surface area contributed by atoms with Crippen LogP contribution < -0.4 is 15.4 Å². The summed E-state index contributed by atoms with van der Waals surface area (Å²) < 4.78 is 5.66. The molecule has 0 saturated carbocycles. The van der Waals surface area contributed by atoms with Crippen molar-refractivity contribution in [1.29, 1.82) is 0 Å². The summed E-state index contributed by atoms with van der Waals surface area (Å²) in [5.74, 6) is 0.895. The number of carbonyl (C=O) groups is 1. The van der Waals surface area contributed by atoms with Crippen LogP contribution in [0.4, 0.5) is 10.5 Å². The molecule has 22 heavy (non-hydrogen) atoms. The minimum Gasteiger partial charge on any atom is -0.491 e. The van der Waals surface area contributed by atoms with Gasteiger partial charge in [-0.25, -0.2) is 4.79 Å². The number of anilines is 1. The Morgan fingerprint density at radius 1 is 1.27 bits per heavy atom. The van der Waals surface area contributed by atoms with Gasteiger partial charge < -0.3 is 15.4 Å². The molecule has 0 saturated heterocycles. The molecule has 2 aromatic rings. The first-order valence-electron chi connectivity index (χ1n) is 7.16. The second kappa shape index (κ2) is 6.28. The lowest BCUT2D eigenvalue weighted by atomic mass is 10.0. The zero-order valence-corrected chi connectivity index (χ0v) is 13.0. The van der Waals surface area contributed by atoms with Crippen molar-refractivity contribution in [1.82, 2.24) is 5.32 Å². The fourth-order valence-electron chi connectivity index (χ4n) is 2.44. The van der Waals surface area contributed by atoms with Crippen molar-refractivity contribution >= 4 is 23.3 Å². The van der Waals surface area contributed by atoms with Gasteiger partial charge in [0, 0.05) is 10.7 Å². The lowest BCUT2D eigenvalue weighted by Crippen LogP contribution is -2.44. The summed E-state index contributed by atoms with van der Waals surface area (Å²) in [5, 5.41) is 6.35. The molecule has 0 aliphatic carbocycles. The fourth-order valence-corrected chi connectivity index (χ4v) is 2.62. The van der Waals surface area contributed by atoms with Gasteiger partial charge in [0.15, 0.2) is 0 Å². The van der Waals surface area contributed by atoms with E-state index in [4.69, 9.17) is 16.3 Å². The number of ether oxygens (including phenoxy) is 1. The number of fused-ring (bicyclic) bond motifs is 1. The molecule has 2 aromatic carbocycles. The van der Waals surface area contributed by atoms with Crippen molar-refractivity contribution in [3.8, 4) is 5.75 Å². The first kappa shape index (κ1) is 14.7. The minimum absolute atomic E-state index is 0.0455. The number of benzene rings is 2. The number of nitrogens with one attached hydrogen (secondary N) is 2. The number of amides is 2. The Morgan fingerprint density at radius 3 is 2.91 bits per heavy atom. The van der Waals surface area contributed by atoms with Crippen LogP contribution >= 0.6 is 11.6 Å². The Bertz CT molecular complexity index is 703. The Kier molecular flexibility index (Phi) is 4.20. The number of hydrogen-bond donors (Lipinski definition) is 2. The van der Waals surface area contributed by atoms with Crippen LogP contribution in [0, 0.1) is 6.92 Å². The van der Waals surface area contributed by atoms with Gasteiger partial charge in [0.2, 0.25) is 0 Å². The lowest BCUT2D eigenvalue weighted by molar-refractivity contribution is 0.222. The highest BCUT2D eigenvalue weighted by Crippen LogP contribution is 2.24. The second-order valence-corrected chi connectivity index (χ2v) is 5.79. The van der Waals surface area contributed by atoms with E-state index in [1.54, 1.807) is 6.07 Å². The Labute approximate surface area is 134 Å². The lowest BCUT2D eigenvalue weighted by Gasteiger charge is -2.26. The number of carbonyl (C=O) groups excluding carboxylic acids is 1. The third-order valence-electron chi connectivity index (χ3n) is 3.64. The molecule has 1 atom stereocenters. The molecule has 0 bridgehead atoms. The molecule has 0 aromatic heterocycles. The molecule has 3 rings (SSSR count). The van der Waals surface area contributed by atoms with Gasteiger partial charge in [-0.2, -0.15) is 0 Å². The smallest absolute Gasteiger partial charge is 0.319 e. The van der Waals surface area contributed by atoms with E-state index in [-0.39, 0.29) is 12.1 Å². The molecule has 4 nitrogen and oxygen atoms in total. The van der Waals surface area contributed by atoms with Crippen molar-refractivity contribution in [2.24, 2.45) is 0 Å². The Balaban J connectivity index is 1.59. The predicted molar refractivity (Wildman–Crippen MR) is 87.8 cm³/mol. The van der Waals surface area contributed by atoms with Crippen molar-refractivity contribution in [2.75, 3.05) is 11.9 Å². The molecule has 1 unspecified atom stereocenters. The van der Waals surface area contributed by atoms with Gasteiger partial charge in [0.05, 0.1) is 6.04 Å². The number of rotatable bonds is 2. The van der Waals surface area contributed by atoms with Crippen LogP contribution in [0.25, 0.3) is 0 Å². The van der Waals surface area contributed by atoms with Crippen LogP contribution in [0.5, 0.6) is 5.75 Å². The van der Waals surface area contributed by atoms with Gasteiger partial charge >= 0.3 is 6.03 Å². The highest BCUT2D eigenvalue weighted by molar-refractivity contribution is 6.31. The van der Waals surface area contributed by atoms with E-state index in [1.165, 1.54) is 0 Å². The Hall–Kier alpha value is -2.20. The summed E-state index contributed by atoms with van der Waals surface area (Å²) in [6.45, 7) is 2.39. The third-order valence-corrected chi connectivity index (χ3v) is 4.05. The summed E-state index contributed by atoms with van der Waals surface area (Å²) in [6, 6.07) is 13.0. The zero-order valence-electron chi connectivity index (χ0n) is 12.2. The average molecular weight is 317 g/mol. The molecular weight excluding hydrogens is 300 g/mol. The summed E-state index contributed by atoms with van der Waals surface area (Å²) in [6.07, 6.45) is 0.762. The summed E-state index contributed by atoms with van der Waals surface area (Å²) in [7, 11) is 0. The van der Waals surface area contributed by atoms with Crippen molar-refractivity contribution in [2.45, 2.75) is 19.4 Å². The molecule has 0 fully saturated rings. The largest absolute Gasteiger partial charge is 0.491 e. The molecule has 2 N–H and O–H groups in total. The highest BCUT2D eigenvalue weighted by atomic mass is 35.5. The van der Waals surface area contributed by atoms with E-state index >= 15 is 0 Å². The van der Waals surface area contributed by atoms with Crippen LogP contribution in [0.2, 0.25) is 5.02 Å². The van der Waals surface area contributed by atoms with Crippen molar-refractivity contribution in [3.63, 3.8) is 0 Å². The van der Waals surface area contributed by atoms with E-state index in [0.717, 1.165) is 23.3 Å². The van der Waals surface area contributed by atoms with Crippen LogP contribution in [0.15, 0.2) is 42.5 Å². The van der Waals surface area contributed by atoms with Gasteiger partial charge in [-0.05, 0) is 42.7 Å². The minimum atomic E-state index is -0.257. The molecule has 0 radical (unpaired) electrons. The quantitative estimate of drug-likeness (QED) is 0.886. The van der Waals surface area contributed by atoms with Gasteiger partial charge in [-0.1, -0.05) is 35.9 Å². The van der Waals surface area contributed by atoms with Crippen molar-refractivity contribution < 1.29 is 9.53 Å². The molecule has 5 heteroatoms. The van der Waals surface area contributed by atoms with Crippen molar-refractivity contribution in [3.05, 3.63) is 58.6 Å². The summed E-state index contributed by atoms with van der Waals surface area (Å²) in [5.41, 5.74) is 2.76. The molecule has 0 spiro atoms. The topological polar surface area (TPSA) is 50.4 Å². The molecule has 1 aliphatic rings. The number of halogens is 1. The normalized spacial score (nSPS) is 16.4. The molecule has 114 valence electrons. The molecule has 2 amide bonds. The average Bonchev–Trinajstić information content (AvgIpc) is 2.51. The van der Waals surface area contributed by atoms with Gasteiger partial charge in [0.1, 0.15) is 12.4 Å². The Morgan fingerprint density at radius 2 is 2.09 bits per heavy atom.